The highest BCUT2D eigenvalue weighted by Gasteiger charge is 2.42. The van der Waals surface area contributed by atoms with Crippen molar-refractivity contribution < 1.29 is 23.1 Å². The van der Waals surface area contributed by atoms with Gasteiger partial charge in [-0.05, 0) is 31.4 Å². The highest BCUT2D eigenvalue weighted by Crippen LogP contribution is 2.33. The number of carboxylic acids is 1. The average molecular weight is 324 g/mol. The maximum atomic E-state index is 12.6. The van der Waals surface area contributed by atoms with E-state index in [-0.39, 0.29) is 35.2 Å². The summed E-state index contributed by atoms with van der Waals surface area (Å²) >= 11 is 0. The summed E-state index contributed by atoms with van der Waals surface area (Å²) in [4.78, 5) is 28.8. The lowest BCUT2D eigenvalue weighted by atomic mass is 10.1. The smallest absolute Gasteiger partial charge is 0.354 e. The third-order valence-electron chi connectivity index (χ3n) is 4.01. The second kappa shape index (κ2) is 5.35. The van der Waals surface area contributed by atoms with Crippen LogP contribution in [-0.4, -0.2) is 58.9 Å². The topological polar surface area (TPSA) is 105 Å². The van der Waals surface area contributed by atoms with Gasteiger partial charge < -0.3 is 10.0 Å². The summed E-state index contributed by atoms with van der Waals surface area (Å²) in [7, 11) is -3.07. The summed E-state index contributed by atoms with van der Waals surface area (Å²) in [6, 6.07) is 2.51. The zero-order chi connectivity index (χ0) is 15.9. The number of carbonyl (C=O) groups is 2. The number of nitrogens with zero attached hydrogens (tertiary/aromatic N) is 2. The zero-order valence-corrected chi connectivity index (χ0v) is 12.6. The van der Waals surface area contributed by atoms with Crippen molar-refractivity contribution in [2.24, 2.45) is 0 Å². The summed E-state index contributed by atoms with van der Waals surface area (Å²) < 4.78 is 23.3. The number of carbonyl (C=O) groups excluding carboxylic acids is 1. The van der Waals surface area contributed by atoms with Gasteiger partial charge in [-0.2, -0.15) is 0 Å². The second-order valence-corrected chi connectivity index (χ2v) is 7.97. The van der Waals surface area contributed by atoms with Gasteiger partial charge >= 0.3 is 5.97 Å². The minimum absolute atomic E-state index is 0.00980. The molecule has 3 rings (SSSR count). The Bertz CT molecular complexity index is 709. The van der Waals surface area contributed by atoms with Crippen LogP contribution in [0.25, 0.3) is 0 Å². The van der Waals surface area contributed by atoms with E-state index in [9.17, 15) is 18.0 Å². The van der Waals surface area contributed by atoms with E-state index >= 15 is 0 Å². The molecule has 1 saturated carbocycles. The molecule has 0 aromatic carbocycles. The highest BCUT2D eigenvalue weighted by molar-refractivity contribution is 7.91. The van der Waals surface area contributed by atoms with Gasteiger partial charge in [0, 0.05) is 18.3 Å². The number of amides is 1. The summed E-state index contributed by atoms with van der Waals surface area (Å²) in [5.74, 6) is -1.30. The first-order valence-electron chi connectivity index (χ1n) is 7.10. The number of rotatable bonds is 4. The Morgan fingerprint density at radius 2 is 1.91 bits per heavy atom. The first-order valence-corrected chi connectivity index (χ1v) is 8.92. The van der Waals surface area contributed by atoms with Crippen LogP contribution in [0.2, 0.25) is 0 Å². The van der Waals surface area contributed by atoms with Crippen LogP contribution >= 0.6 is 0 Å². The second-order valence-electron chi connectivity index (χ2n) is 5.74. The molecule has 0 radical (unpaired) electrons. The van der Waals surface area contributed by atoms with Gasteiger partial charge in [0.25, 0.3) is 5.91 Å². The van der Waals surface area contributed by atoms with E-state index in [1.807, 2.05) is 0 Å². The van der Waals surface area contributed by atoms with Crippen LogP contribution in [0.15, 0.2) is 18.3 Å². The van der Waals surface area contributed by atoms with Crippen molar-refractivity contribution in [2.75, 3.05) is 11.5 Å². The monoisotopic (exact) mass is 324 g/mol. The minimum Gasteiger partial charge on any atom is -0.477 e. The molecule has 2 heterocycles. The molecule has 22 heavy (non-hydrogen) atoms. The summed E-state index contributed by atoms with van der Waals surface area (Å²) in [5.41, 5.74) is 0.166. The van der Waals surface area contributed by atoms with Crippen molar-refractivity contribution in [1.82, 2.24) is 9.88 Å². The lowest BCUT2D eigenvalue weighted by molar-refractivity contribution is 0.0668. The average Bonchev–Trinajstić information content (AvgIpc) is 3.23. The van der Waals surface area contributed by atoms with Gasteiger partial charge in [0.1, 0.15) is 5.69 Å². The Balaban J connectivity index is 1.82. The molecule has 1 aromatic rings. The van der Waals surface area contributed by atoms with Crippen molar-refractivity contribution in [3.63, 3.8) is 0 Å². The van der Waals surface area contributed by atoms with Crippen molar-refractivity contribution in [3.05, 3.63) is 29.6 Å². The molecule has 118 valence electrons. The molecule has 1 atom stereocenters. The van der Waals surface area contributed by atoms with E-state index in [4.69, 9.17) is 5.11 Å². The molecule has 1 N–H and O–H groups in total. The Labute approximate surface area is 127 Å². The van der Waals surface area contributed by atoms with E-state index in [0.717, 1.165) is 12.8 Å². The van der Waals surface area contributed by atoms with E-state index in [1.165, 1.54) is 18.3 Å². The zero-order valence-electron chi connectivity index (χ0n) is 11.8. The number of sulfone groups is 1. The van der Waals surface area contributed by atoms with Gasteiger partial charge in [-0.3, -0.25) is 4.79 Å². The van der Waals surface area contributed by atoms with Crippen LogP contribution in [0, 0.1) is 0 Å². The highest BCUT2D eigenvalue weighted by atomic mass is 32.2. The molecule has 1 unspecified atom stereocenters. The van der Waals surface area contributed by atoms with E-state index in [0.29, 0.717) is 12.0 Å². The molecule has 2 aliphatic rings. The predicted molar refractivity (Wildman–Crippen MR) is 77.4 cm³/mol. The van der Waals surface area contributed by atoms with Gasteiger partial charge in [0.05, 0.1) is 17.1 Å². The van der Waals surface area contributed by atoms with Gasteiger partial charge in [-0.15, -0.1) is 0 Å². The molecule has 1 aromatic heterocycles. The van der Waals surface area contributed by atoms with E-state index in [1.54, 1.807) is 4.90 Å². The fraction of sp³-hybridized carbons (Fsp3) is 0.500. The molecule has 1 aliphatic carbocycles. The summed E-state index contributed by atoms with van der Waals surface area (Å²) in [6.45, 7) is 0. The lowest BCUT2D eigenvalue weighted by Crippen LogP contribution is -2.42. The molecule has 8 heteroatoms. The first-order chi connectivity index (χ1) is 10.4. The summed E-state index contributed by atoms with van der Waals surface area (Å²) in [5, 5.41) is 8.83. The van der Waals surface area contributed by atoms with Crippen molar-refractivity contribution in [3.8, 4) is 0 Å². The Morgan fingerprint density at radius 3 is 2.36 bits per heavy atom. The summed E-state index contributed by atoms with van der Waals surface area (Å²) in [6.07, 6.45) is 3.46. The van der Waals surface area contributed by atoms with Crippen LogP contribution in [0.4, 0.5) is 0 Å². The van der Waals surface area contributed by atoms with Crippen LogP contribution in [-0.2, 0) is 9.84 Å². The van der Waals surface area contributed by atoms with Crippen LogP contribution in [0.3, 0.4) is 0 Å². The fourth-order valence-electron chi connectivity index (χ4n) is 2.77. The quantitative estimate of drug-likeness (QED) is 0.868. The van der Waals surface area contributed by atoms with E-state index in [2.05, 4.69) is 4.98 Å². The van der Waals surface area contributed by atoms with Crippen molar-refractivity contribution >= 4 is 21.7 Å². The SMILES string of the molecule is O=C(O)c1ccc(C(=O)N(C2CC2)C2CCS(=O)(=O)C2)cn1. The Kier molecular flexibility index (Phi) is 3.64. The number of aromatic carboxylic acids is 1. The minimum atomic E-state index is -3.07. The van der Waals surface area contributed by atoms with Gasteiger partial charge in [-0.25, -0.2) is 18.2 Å². The number of pyridine rings is 1. The number of hydrogen-bond acceptors (Lipinski definition) is 5. The molecular formula is C14H16N2O5S. The lowest BCUT2D eigenvalue weighted by Gasteiger charge is -2.28. The van der Waals surface area contributed by atoms with Gasteiger partial charge in [0.2, 0.25) is 0 Å². The standard InChI is InChI=1S/C14H16N2O5S/c17-13(9-1-4-12(14(18)19)15-7-9)16(10-2-3-10)11-5-6-22(20,21)8-11/h1,4,7,10-11H,2-3,5-6,8H2,(H,18,19). The number of carboxylic acid groups (broad SMARTS) is 1. The van der Waals surface area contributed by atoms with Crippen LogP contribution in [0.5, 0.6) is 0 Å². The molecule has 2 fully saturated rings. The maximum Gasteiger partial charge on any atom is 0.354 e. The van der Waals surface area contributed by atoms with Gasteiger partial charge in [0.15, 0.2) is 9.84 Å². The normalized spacial score (nSPS) is 23.2. The largest absolute Gasteiger partial charge is 0.477 e. The third kappa shape index (κ3) is 2.96. The number of aromatic nitrogens is 1. The molecule has 0 spiro atoms. The van der Waals surface area contributed by atoms with Crippen LogP contribution < -0.4 is 0 Å². The van der Waals surface area contributed by atoms with Crippen LogP contribution in [0.1, 0.15) is 40.1 Å². The first kappa shape index (κ1) is 15.0. The maximum absolute atomic E-state index is 12.6. The van der Waals surface area contributed by atoms with Gasteiger partial charge in [-0.1, -0.05) is 0 Å². The fourth-order valence-corrected chi connectivity index (χ4v) is 4.48. The third-order valence-corrected chi connectivity index (χ3v) is 5.76. The predicted octanol–water partition coefficient (Wildman–Crippen LogP) is 0.571. The Hall–Kier alpha value is -1.96. The molecule has 7 nitrogen and oxygen atoms in total. The molecule has 1 saturated heterocycles. The molecule has 0 bridgehead atoms. The van der Waals surface area contributed by atoms with Crippen molar-refractivity contribution in [2.45, 2.75) is 31.3 Å². The number of hydrogen-bond donors (Lipinski definition) is 1. The van der Waals surface area contributed by atoms with Crippen molar-refractivity contribution in [1.29, 1.82) is 0 Å². The van der Waals surface area contributed by atoms with E-state index < -0.39 is 15.8 Å². The molecular weight excluding hydrogens is 308 g/mol. The molecule has 1 aliphatic heterocycles. The molecule has 1 amide bonds. The Morgan fingerprint density at radius 1 is 1.18 bits per heavy atom.